The molecular formula is C29H27F2N3O3. The van der Waals surface area contributed by atoms with E-state index in [1.165, 1.54) is 17.7 Å². The normalized spacial score (nSPS) is 23.9. The van der Waals surface area contributed by atoms with Crippen LogP contribution in [-0.4, -0.2) is 39.1 Å². The van der Waals surface area contributed by atoms with Crippen molar-refractivity contribution in [1.82, 2.24) is 14.8 Å². The summed E-state index contributed by atoms with van der Waals surface area (Å²) in [5.41, 5.74) is 6.95. The van der Waals surface area contributed by atoms with Crippen molar-refractivity contribution in [2.75, 3.05) is 13.2 Å². The number of carbonyl (C=O) groups is 1. The van der Waals surface area contributed by atoms with Gasteiger partial charge >= 0.3 is 5.97 Å². The lowest BCUT2D eigenvalue weighted by Crippen LogP contribution is -2.43. The topological polar surface area (TPSA) is 80.1 Å². The molecule has 0 amide bonds. The van der Waals surface area contributed by atoms with Crippen LogP contribution in [0.4, 0.5) is 8.78 Å². The molecule has 7 rings (SSSR count). The van der Waals surface area contributed by atoms with E-state index in [2.05, 4.69) is 33.8 Å². The number of aryl methyl sites for hydroxylation is 1. The van der Waals surface area contributed by atoms with Crippen molar-refractivity contribution in [3.05, 3.63) is 65.0 Å². The molecule has 1 aliphatic heterocycles. The largest absolute Gasteiger partial charge is 0.481 e. The number of carboxylic acid groups (broad SMARTS) is 1. The fourth-order valence-corrected chi connectivity index (χ4v) is 6.93. The first-order chi connectivity index (χ1) is 17.8. The minimum atomic E-state index is -0.879. The third-order valence-corrected chi connectivity index (χ3v) is 8.72. The molecule has 2 fully saturated rings. The number of nitrogens with one attached hydrogen (secondary N) is 1. The molecule has 6 nitrogen and oxygen atoms in total. The average Bonchev–Trinajstić information content (AvgIpc) is 3.43. The summed E-state index contributed by atoms with van der Waals surface area (Å²) in [6.45, 7) is 3.38. The molecule has 0 radical (unpaired) electrons. The predicted molar refractivity (Wildman–Crippen MR) is 136 cm³/mol. The Bertz CT molecular complexity index is 1620. The van der Waals surface area contributed by atoms with Gasteiger partial charge in [0.15, 0.2) is 11.6 Å². The van der Waals surface area contributed by atoms with Gasteiger partial charge in [0, 0.05) is 52.9 Å². The maximum Gasteiger partial charge on any atom is 0.306 e. The van der Waals surface area contributed by atoms with Gasteiger partial charge < -0.3 is 14.4 Å². The number of benzene rings is 2. The van der Waals surface area contributed by atoms with Crippen LogP contribution in [0.5, 0.6) is 0 Å². The Labute approximate surface area is 211 Å². The predicted octanol–water partition coefficient (Wildman–Crippen LogP) is 6.26. The van der Waals surface area contributed by atoms with Crippen LogP contribution in [0, 0.1) is 29.9 Å². The molecule has 37 heavy (non-hydrogen) atoms. The number of nitrogens with zero attached hydrogens (tertiary/aromatic N) is 2. The molecule has 2 aliphatic carbocycles. The zero-order chi connectivity index (χ0) is 25.5. The van der Waals surface area contributed by atoms with E-state index in [4.69, 9.17) is 4.74 Å². The SMILES string of the molecule is Cc1c2[nH]ncc2cc2c1c(C1=CC3(C1)CC(C(=O)O)C3)c(C1CCOCC1)n2-c1ccc(F)c(F)c1. The smallest absolute Gasteiger partial charge is 0.306 e. The van der Waals surface area contributed by atoms with Gasteiger partial charge in [-0.15, -0.1) is 0 Å². The van der Waals surface area contributed by atoms with Gasteiger partial charge in [0.05, 0.1) is 23.1 Å². The van der Waals surface area contributed by atoms with Crippen LogP contribution >= 0.6 is 0 Å². The molecular weight excluding hydrogens is 476 g/mol. The minimum Gasteiger partial charge on any atom is -0.481 e. The number of rotatable bonds is 4. The summed E-state index contributed by atoms with van der Waals surface area (Å²) in [6.07, 6.45) is 7.90. The fraction of sp³-hybridized carbons (Fsp3) is 0.379. The summed E-state index contributed by atoms with van der Waals surface area (Å²) >= 11 is 0. The number of H-pyrrole nitrogens is 1. The molecule has 1 saturated heterocycles. The molecule has 0 unspecified atom stereocenters. The van der Waals surface area contributed by atoms with Crippen LogP contribution in [0.2, 0.25) is 0 Å². The van der Waals surface area contributed by atoms with Gasteiger partial charge in [-0.2, -0.15) is 5.10 Å². The second-order valence-electron chi connectivity index (χ2n) is 11.0. The van der Waals surface area contributed by atoms with Crippen LogP contribution in [0.15, 0.2) is 36.5 Å². The van der Waals surface area contributed by atoms with Crippen LogP contribution in [-0.2, 0) is 9.53 Å². The Morgan fingerprint density at radius 3 is 2.65 bits per heavy atom. The lowest BCUT2D eigenvalue weighted by atomic mass is 9.52. The Hall–Kier alpha value is -3.52. The number of halogens is 2. The highest BCUT2D eigenvalue weighted by molar-refractivity contribution is 6.07. The monoisotopic (exact) mass is 503 g/mol. The Morgan fingerprint density at radius 1 is 1.19 bits per heavy atom. The maximum atomic E-state index is 14.5. The van der Waals surface area contributed by atoms with Crippen molar-refractivity contribution in [1.29, 1.82) is 0 Å². The summed E-state index contributed by atoms with van der Waals surface area (Å²) < 4.78 is 36.3. The molecule has 2 aromatic carbocycles. The van der Waals surface area contributed by atoms with E-state index in [9.17, 15) is 18.7 Å². The number of aromatic nitrogens is 3. The third-order valence-electron chi connectivity index (χ3n) is 8.72. The molecule has 1 spiro atoms. The molecule has 2 N–H and O–H groups in total. The second kappa shape index (κ2) is 7.99. The van der Waals surface area contributed by atoms with E-state index in [1.54, 1.807) is 12.3 Å². The van der Waals surface area contributed by atoms with Crippen molar-refractivity contribution in [3.8, 4) is 5.69 Å². The summed E-state index contributed by atoms with van der Waals surface area (Å²) in [4.78, 5) is 11.4. The maximum absolute atomic E-state index is 14.5. The van der Waals surface area contributed by atoms with Crippen LogP contribution in [0.3, 0.4) is 0 Å². The average molecular weight is 504 g/mol. The first-order valence-corrected chi connectivity index (χ1v) is 12.8. The van der Waals surface area contributed by atoms with Crippen molar-refractivity contribution in [2.24, 2.45) is 11.3 Å². The first-order valence-electron chi connectivity index (χ1n) is 12.8. The van der Waals surface area contributed by atoms with E-state index in [1.807, 2.05) is 0 Å². The van der Waals surface area contributed by atoms with Crippen LogP contribution in [0.1, 0.15) is 54.8 Å². The Balaban J connectivity index is 1.51. The zero-order valence-electron chi connectivity index (χ0n) is 20.5. The quantitative estimate of drug-likeness (QED) is 0.345. The number of hydrogen-bond donors (Lipinski definition) is 2. The lowest BCUT2D eigenvalue weighted by molar-refractivity contribution is -0.148. The van der Waals surface area contributed by atoms with Crippen LogP contribution in [0.25, 0.3) is 33.1 Å². The highest BCUT2D eigenvalue weighted by atomic mass is 19.2. The van der Waals surface area contributed by atoms with E-state index in [0.29, 0.717) is 31.7 Å². The number of carboxylic acids is 1. The number of hydrogen-bond acceptors (Lipinski definition) is 3. The first kappa shape index (κ1) is 22.7. The Kier molecular flexibility index (Phi) is 4.89. The van der Waals surface area contributed by atoms with Gasteiger partial charge in [-0.25, -0.2) is 8.78 Å². The fourth-order valence-electron chi connectivity index (χ4n) is 6.93. The molecule has 8 heteroatoms. The molecule has 0 atom stereocenters. The van der Waals surface area contributed by atoms with Gasteiger partial charge in [-0.05, 0) is 73.8 Å². The lowest BCUT2D eigenvalue weighted by Gasteiger charge is -2.51. The number of allylic oxidation sites excluding steroid dienone is 2. The third kappa shape index (κ3) is 3.31. The van der Waals surface area contributed by atoms with Gasteiger partial charge in [0.2, 0.25) is 0 Å². The summed E-state index contributed by atoms with van der Waals surface area (Å²) in [6, 6.07) is 6.18. The summed E-state index contributed by atoms with van der Waals surface area (Å²) in [7, 11) is 0. The molecule has 2 aromatic heterocycles. The highest BCUT2D eigenvalue weighted by Gasteiger charge is 2.51. The van der Waals surface area contributed by atoms with Crippen molar-refractivity contribution in [3.63, 3.8) is 0 Å². The van der Waals surface area contributed by atoms with Crippen molar-refractivity contribution < 1.29 is 23.4 Å². The molecule has 3 aliphatic rings. The van der Waals surface area contributed by atoms with Gasteiger partial charge in [-0.1, -0.05) is 6.08 Å². The zero-order valence-corrected chi connectivity index (χ0v) is 20.5. The molecule has 4 aromatic rings. The summed E-state index contributed by atoms with van der Waals surface area (Å²) in [5, 5.41) is 18.8. The van der Waals surface area contributed by atoms with Gasteiger partial charge in [0.1, 0.15) is 0 Å². The number of aromatic amines is 1. The molecule has 1 saturated carbocycles. The minimum absolute atomic E-state index is 0.0479. The molecule has 0 bridgehead atoms. The van der Waals surface area contributed by atoms with E-state index < -0.39 is 17.6 Å². The second-order valence-corrected chi connectivity index (χ2v) is 11.0. The van der Waals surface area contributed by atoms with Gasteiger partial charge in [-0.3, -0.25) is 9.89 Å². The van der Waals surface area contributed by atoms with Gasteiger partial charge in [0.25, 0.3) is 0 Å². The highest BCUT2D eigenvalue weighted by Crippen LogP contribution is 2.61. The standard InChI is InChI=1S/C29H27F2N3O3/c1-15-24-23(8-17-14-32-33-26(15)17)34(20-2-3-21(30)22(31)9-20)27(16-4-6-37-7-5-16)25(24)18-10-29(11-18)12-19(13-29)28(35)36/h2-3,8-10,14,16,19H,4-7,11-13H2,1H3,(H,32,33)(H,35,36). The van der Waals surface area contributed by atoms with Crippen molar-refractivity contribution in [2.45, 2.75) is 44.9 Å². The van der Waals surface area contributed by atoms with E-state index >= 15 is 0 Å². The van der Waals surface area contributed by atoms with Crippen molar-refractivity contribution >= 4 is 33.3 Å². The number of aliphatic carboxylic acids is 1. The molecule has 190 valence electrons. The van der Waals surface area contributed by atoms with E-state index in [-0.39, 0.29) is 17.3 Å². The number of ether oxygens (including phenoxy) is 1. The Morgan fingerprint density at radius 2 is 1.95 bits per heavy atom. The number of fused-ring (bicyclic) bond motifs is 2. The van der Waals surface area contributed by atoms with E-state index in [0.717, 1.165) is 57.9 Å². The molecule has 3 heterocycles. The van der Waals surface area contributed by atoms with Crippen LogP contribution < -0.4 is 0 Å². The summed E-state index contributed by atoms with van der Waals surface area (Å²) in [5.74, 6) is -2.56.